The Morgan fingerprint density at radius 3 is 2.31 bits per heavy atom. The normalized spacial score (nSPS) is 12.2. The maximum absolute atomic E-state index is 13.4. The summed E-state index contributed by atoms with van der Waals surface area (Å²) in [5.41, 5.74) is 0.747. The van der Waals surface area contributed by atoms with Crippen molar-refractivity contribution in [2.75, 3.05) is 0 Å². The minimum atomic E-state index is -2.78. The van der Waals surface area contributed by atoms with Crippen LogP contribution >= 0.6 is 0 Å². The molecule has 13 heavy (non-hydrogen) atoms. The third-order valence-electron chi connectivity index (χ3n) is 2.02. The van der Waals surface area contributed by atoms with Gasteiger partial charge >= 0.3 is 0 Å². The van der Waals surface area contributed by atoms with Crippen molar-refractivity contribution < 1.29 is 8.78 Å². The highest BCUT2D eigenvalue weighted by atomic mass is 19.3. The molecule has 1 nitrogen and oxygen atoms in total. The lowest BCUT2D eigenvalue weighted by Gasteiger charge is -2.20. The number of alkyl halides is 2. The fourth-order valence-electron chi connectivity index (χ4n) is 0.998. The predicted molar refractivity (Wildman–Crippen MR) is 47.7 cm³/mol. The summed E-state index contributed by atoms with van der Waals surface area (Å²) in [5.74, 6) is -3.47. The van der Waals surface area contributed by atoms with Crippen LogP contribution < -0.4 is 0 Å². The Bertz CT molecular complexity index is 277. The number of rotatable bonds is 2. The van der Waals surface area contributed by atoms with Gasteiger partial charge < -0.3 is 0 Å². The smallest absolute Gasteiger partial charge is 0.261 e. The molecule has 1 aromatic heterocycles. The third-order valence-corrected chi connectivity index (χ3v) is 2.02. The van der Waals surface area contributed by atoms with Crippen LogP contribution in [-0.4, -0.2) is 4.98 Å². The Balaban J connectivity index is 3.01. The van der Waals surface area contributed by atoms with Crippen molar-refractivity contribution in [2.24, 2.45) is 5.92 Å². The molecule has 0 radical (unpaired) electrons. The molecular weight excluding hydrogens is 172 g/mol. The number of aryl methyl sites for hydroxylation is 1. The van der Waals surface area contributed by atoms with E-state index in [1.807, 2.05) is 0 Å². The first-order chi connectivity index (χ1) is 5.94. The van der Waals surface area contributed by atoms with Gasteiger partial charge in [0.1, 0.15) is 0 Å². The lowest BCUT2D eigenvalue weighted by Crippen LogP contribution is -2.21. The molecule has 0 unspecified atom stereocenters. The highest BCUT2D eigenvalue weighted by Gasteiger charge is 2.35. The average molecular weight is 185 g/mol. The van der Waals surface area contributed by atoms with E-state index in [1.165, 1.54) is 26.1 Å². The van der Waals surface area contributed by atoms with Crippen LogP contribution in [0.3, 0.4) is 0 Å². The molecule has 1 aromatic rings. The van der Waals surface area contributed by atoms with Gasteiger partial charge in [0.2, 0.25) is 0 Å². The van der Waals surface area contributed by atoms with Crippen molar-refractivity contribution in [1.82, 2.24) is 4.98 Å². The molecule has 72 valence electrons. The zero-order chi connectivity index (χ0) is 10.1. The van der Waals surface area contributed by atoms with Crippen LogP contribution in [0.15, 0.2) is 18.3 Å². The van der Waals surface area contributed by atoms with Gasteiger partial charge in [-0.05, 0) is 19.1 Å². The second-order valence-electron chi connectivity index (χ2n) is 3.47. The Hall–Kier alpha value is -0.990. The van der Waals surface area contributed by atoms with Gasteiger partial charge in [0.15, 0.2) is 0 Å². The second-order valence-corrected chi connectivity index (χ2v) is 3.47. The Morgan fingerprint density at radius 1 is 1.31 bits per heavy atom. The van der Waals surface area contributed by atoms with Crippen LogP contribution in [0, 0.1) is 12.8 Å². The maximum Gasteiger partial charge on any atom is 0.276 e. The molecule has 0 amide bonds. The molecule has 0 aliphatic rings. The highest BCUT2D eigenvalue weighted by Crippen LogP contribution is 2.34. The van der Waals surface area contributed by atoms with Crippen molar-refractivity contribution in [3.05, 3.63) is 29.6 Å². The molecular formula is C10H13F2N. The minimum absolute atomic E-state index is 0.00639. The molecule has 0 N–H and O–H groups in total. The SMILES string of the molecule is Cc1ccc(C(F)(F)C(C)C)cn1. The number of hydrogen-bond acceptors (Lipinski definition) is 1. The monoisotopic (exact) mass is 185 g/mol. The summed E-state index contributed by atoms with van der Waals surface area (Å²) in [4.78, 5) is 3.85. The van der Waals surface area contributed by atoms with Crippen LogP contribution in [0.1, 0.15) is 25.1 Å². The number of pyridine rings is 1. The lowest BCUT2D eigenvalue weighted by atomic mass is 9.99. The maximum atomic E-state index is 13.4. The van der Waals surface area contributed by atoms with E-state index in [0.717, 1.165) is 5.69 Å². The number of aromatic nitrogens is 1. The van der Waals surface area contributed by atoms with Crippen LogP contribution in [0.5, 0.6) is 0 Å². The van der Waals surface area contributed by atoms with Crippen molar-refractivity contribution in [1.29, 1.82) is 0 Å². The summed E-state index contributed by atoms with van der Waals surface area (Å²) in [5, 5.41) is 0. The van der Waals surface area contributed by atoms with E-state index < -0.39 is 11.8 Å². The first-order valence-electron chi connectivity index (χ1n) is 4.25. The zero-order valence-electron chi connectivity index (χ0n) is 8.01. The number of hydrogen-bond donors (Lipinski definition) is 0. The third kappa shape index (κ3) is 2.02. The van der Waals surface area contributed by atoms with Gasteiger partial charge in [0.05, 0.1) is 0 Å². The minimum Gasteiger partial charge on any atom is -0.261 e. The van der Waals surface area contributed by atoms with Gasteiger partial charge in [-0.15, -0.1) is 0 Å². The van der Waals surface area contributed by atoms with E-state index in [2.05, 4.69) is 4.98 Å². The Morgan fingerprint density at radius 2 is 1.92 bits per heavy atom. The molecule has 0 aliphatic heterocycles. The molecule has 1 rings (SSSR count). The van der Waals surface area contributed by atoms with Crippen LogP contribution in [-0.2, 0) is 5.92 Å². The van der Waals surface area contributed by atoms with Crippen molar-refractivity contribution in [2.45, 2.75) is 26.7 Å². The van der Waals surface area contributed by atoms with E-state index in [4.69, 9.17) is 0 Å². The van der Waals surface area contributed by atoms with E-state index >= 15 is 0 Å². The van der Waals surface area contributed by atoms with Gasteiger partial charge in [-0.2, -0.15) is 0 Å². The van der Waals surface area contributed by atoms with Gasteiger partial charge in [-0.1, -0.05) is 13.8 Å². The number of nitrogens with zero attached hydrogens (tertiary/aromatic N) is 1. The zero-order valence-corrected chi connectivity index (χ0v) is 8.01. The molecule has 0 aromatic carbocycles. The van der Waals surface area contributed by atoms with Crippen molar-refractivity contribution in [3.8, 4) is 0 Å². The molecule has 0 atom stereocenters. The van der Waals surface area contributed by atoms with Gasteiger partial charge in [0, 0.05) is 23.4 Å². The van der Waals surface area contributed by atoms with Crippen LogP contribution in [0.4, 0.5) is 8.78 Å². The summed E-state index contributed by atoms with van der Waals surface area (Å²) in [6.07, 6.45) is 1.25. The van der Waals surface area contributed by atoms with E-state index in [1.54, 1.807) is 13.0 Å². The fraction of sp³-hybridized carbons (Fsp3) is 0.500. The lowest BCUT2D eigenvalue weighted by molar-refractivity contribution is -0.0516. The molecule has 3 heteroatoms. The second kappa shape index (κ2) is 3.40. The predicted octanol–water partition coefficient (Wildman–Crippen LogP) is 3.14. The standard InChI is InChI=1S/C10H13F2N/c1-7(2)10(11,12)9-5-4-8(3)13-6-9/h4-7H,1-3H3. The molecule has 1 heterocycles. The Kier molecular flexibility index (Phi) is 2.64. The fourth-order valence-corrected chi connectivity index (χ4v) is 0.998. The molecule has 0 aliphatic carbocycles. The highest BCUT2D eigenvalue weighted by molar-refractivity contribution is 5.18. The van der Waals surface area contributed by atoms with Gasteiger partial charge in [-0.25, -0.2) is 8.78 Å². The van der Waals surface area contributed by atoms with Crippen molar-refractivity contribution in [3.63, 3.8) is 0 Å². The summed E-state index contributed by atoms with van der Waals surface area (Å²) < 4.78 is 26.7. The van der Waals surface area contributed by atoms with E-state index in [9.17, 15) is 8.78 Å². The van der Waals surface area contributed by atoms with Gasteiger partial charge in [0.25, 0.3) is 5.92 Å². The molecule has 0 bridgehead atoms. The van der Waals surface area contributed by atoms with E-state index in [0.29, 0.717) is 0 Å². The Labute approximate surface area is 76.8 Å². The van der Waals surface area contributed by atoms with Gasteiger partial charge in [-0.3, -0.25) is 4.98 Å². The summed E-state index contributed by atoms with van der Waals surface area (Å²) in [6.45, 7) is 4.77. The molecule has 0 saturated heterocycles. The summed E-state index contributed by atoms with van der Waals surface area (Å²) in [6, 6.07) is 3.04. The topological polar surface area (TPSA) is 12.9 Å². The number of halogens is 2. The first kappa shape index (κ1) is 10.1. The van der Waals surface area contributed by atoms with Crippen molar-refractivity contribution >= 4 is 0 Å². The quantitative estimate of drug-likeness (QED) is 0.689. The first-order valence-corrected chi connectivity index (χ1v) is 4.25. The molecule has 0 saturated carbocycles. The largest absolute Gasteiger partial charge is 0.276 e. The molecule has 0 fully saturated rings. The van der Waals surface area contributed by atoms with Crippen LogP contribution in [0.2, 0.25) is 0 Å². The molecule has 0 spiro atoms. The van der Waals surface area contributed by atoms with Crippen LogP contribution in [0.25, 0.3) is 0 Å². The van der Waals surface area contributed by atoms with E-state index in [-0.39, 0.29) is 5.56 Å². The average Bonchev–Trinajstić information content (AvgIpc) is 2.04. The summed E-state index contributed by atoms with van der Waals surface area (Å²) >= 11 is 0. The summed E-state index contributed by atoms with van der Waals surface area (Å²) in [7, 11) is 0.